The quantitative estimate of drug-likeness (QED) is 0.868. The molecule has 1 heterocycles. The van der Waals surface area contributed by atoms with E-state index in [0.29, 0.717) is 0 Å². The van der Waals surface area contributed by atoms with E-state index in [0.717, 1.165) is 16.3 Å². The fourth-order valence-electron chi connectivity index (χ4n) is 1.56. The van der Waals surface area contributed by atoms with Crippen molar-refractivity contribution in [2.24, 2.45) is 0 Å². The Morgan fingerprint density at radius 3 is 2.81 bits per heavy atom. The number of nitrogens with zero attached hydrogens (tertiary/aromatic N) is 1. The number of pyridine rings is 1. The highest BCUT2D eigenvalue weighted by molar-refractivity contribution is 6.30. The van der Waals surface area contributed by atoms with E-state index >= 15 is 0 Å². The number of rotatable bonds is 3. The third kappa shape index (κ3) is 2.74. The molecule has 0 saturated carbocycles. The van der Waals surface area contributed by atoms with Gasteiger partial charge < -0.3 is 5.32 Å². The highest BCUT2D eigenvalue weighted by Crippen LogP contribution is 2.20. The molecule has 1 aromatic carbocycles. The van der Waals surface area contributed by atoms with E-state index in [1.165, 1.54) is 0 Å². The van der Waals surface area contributed by atoms with Gasteiger partial charge in [-0.1, -0.05) is 23.7 Å². The smallest absolute Gasteiger partial charge is 0.0531 e. The standard InChI is InChI=1S/C13H13ClN2/c1-10(11-4-2-5-12(14)8-11)16-13-6-3-7-15-9-13/h2-10,16H,1H3. The minimum absolute atomic E-state index is 0.211. The largest absolute Gasteiger partial charge is 0.377 e. The van der Waals surface area contributed by atoms with Crippen molar-refractivity contribution in [3.05, 3.63) is 59.4 Å². The second-order valence-corrected chi connectivity index (χ2v) is 4.10. The third-order valence-corrected chi connectivity index (χ3v) is 2.63. The summed E-state index contributed by atoms with van der Waals surface area (Å²) >= 11 is 5.95. The van der Waals surface area contributed by atoms with Gasteiger partial charge in [0.1, 0.15) is 0 Å². The zero-order valence-electron chi connectivity index (χ0n) is 9.02. The molecule has 0 aliphatic rings. The van der Waals surface area contributed by atoms with Gasteiger partial charge in [0.05, 0.1) is 5.69 Å². The molecular formula is C13H13ClN2. The number of anilines is 1. The van der Waals surface area contributed by atoms with Gasteiger partial charge in [0, 0.05) is 23.5 Å². The van der Waals surface area contributed by atoms with Crippen LogP contribution in [-0.2, 0) is 0 Å². The third-order valence-electron chi connectivity index (χ3n) is 2.39. The molecule has 2 nitrogen and oxygen atoms in total. The topological polar surface area (TPSA) is 24.9 Å². The molecule has 0 aliphatic carbocycles. The molecule has 0 spiro atoms. The van der Waals surface area contributed by atoms with Crippen molar-refractivity contribution in [3.63, 3.8) is 0 Å². The molecule has 1 aromatic heterocycles. The number of hydrogen-bond acceptors (Lipinski definition) is 2. The van der Waals surface area contributed by atoms with Crippen LogP contribution in [0.1, 0.15) is 18.5 Å². The molecule has 1 unspecified atom stereocenters. The van der Waals surface area contributed by atoms with Crippen molar-refractivity contribution < 1.29 is 0 Å². The van der Waals surface area contributed by atoms with Crippen molar-refractivity contribution >= 4 is 17.3 Å². The average Bonchev–Trinajstić information content (AvgIpc) is 2.30. The van der Waals surface area contributed by atoms with E-state index in [9.17, 15) is 0 Å². The van der Waals surface area contributed by atoms with Gasteiger partial charge in [0.2, 0.25) is 0 Å². The van der Waals surface area contributed by atoms with E-state index in [-0.39, 0.29) is 6.04 Å². The number of hydrogen-bond donors (Lipinski definition) is 1. The molecule has 0 saturated heterocycles. The summed E-state index contributed by atoms with van der Waals surface area (Å²) < 4.78 is 0. The van der Waals surface area contributed by atoms with Crippen LogP contribution in [0.5, 0.6) is 0 Å². The molecule has 1 N–H and O–H groups in total. The van der Waals surface area contributed by atoms with Crippen molar-refractivity contribution in [2.45, 2.75) is 13.0 Å². The van der Waals surface area contributed by atoms with Crippen molar-refractivity contribution in [3.8, 4) is 0 Å². The van der Waals surface area contributed by atoms with E-state index in [1.54, 1.807) is 12.4 Å². The molecule has 16 heavy (non-hydrogen) atoms. The SMILES string of the molecule is CC(Nc1cccnc1)c1cccc(Cl)c1. The van der Waals surface area contributed by atoms with Crippen LogP contribution in [0.3, 0.4) is 0 Å². The van der Waals surface area contributed by atoms with Gasteiger partial charge in [-0.15, -0.1) is 0 Å². The normalized spacial score (nSPS) is 12.1. The number of nitrogens with one attached hydrogen (secondary N) is 1. The molecule has 0 aliphatic heterocycles. The molecular weight excluding hydrogens is 220 g/mol. The van der Waals surface area contributed by atoms with Gasteiger partial charge in [0.25, 0.3) is 0 Å². The van der Waals surface area contributed by atoms with E-state index in [1.807, 2.05) is 30.3 Å². The number of aromatic nitrogens is 1. The Balaban J connectivity index is 2.12. The lowest BCUT2D eigenvalue weighted by atomic mass is 10.1. The molecule has 1 atom stereocenters. The minimum Gasteiger partial charge on any atom is -0.377 e. The highest BCUT2D eigenvalue weighted by Gasteiger charge is 2.05. The summed E-state index contributed by atoms with van der Waals surface area (Å²) in [4.78, 5) is 4.06. The van der Waals surface area contributed by atoms with Crippen molar-refractivity contribution in [1.82, 2.24) is 4.98 Å². The number of halogens is 1. The summed E-state index contributed by atoms with van der Waals surface area (Å²) in [5.74, 6) is 0. The average molecular weight is 233 g/mol. The Bertz CT molecular complexity index is 456. The van der Waals surface area contributed by atoms with Crippen LogP contribution in [0.2, 0.25) is 5.02 Å². The molecule has 2 aromatic rings. The lowest BCUT2D eigenvalue weighted by Gasteiger charge is -2.15. The zero-order chi connectivity index (χ0) is 11.4. The van der Waals surface area contributed by atoms with Crippen LogP contribution >= 0.6 is 11.6 Å². The summed E-state index contributed by atoms with van der Waals surface area (Å²) in [6.07, 6.45) is 3.57. The second kappa shape index (κ2) is 4.99. The Labute approximate surface area is 100 Å². The van der Waals surface area contributed by atoms with Gasteiger partial charge in [-0.3, -0.25) is 4.98 Å². The summed E-state index contributed by atoms with van der Waals surface area (Å²) in [6, 6.07) is 12.0. The molecule has 0 bridgehead atoms. The van der Waals surface area contributed by atoms with Gasteiger partial charge >= 0.3 is 0 Å². The monoisotopic (exact) mass is 232 g/mol. The summed E-state index contributed by atoms with van der Waals surface area (Å²) in [7, 11) is 0. The van der Waals surface area contributed by atoms with E-state index in [2.05, 4.69) is 23.3 Å². The minimum atomic E-state index is 0.211. The van der Waals surface area contributed by atoms with Crippen LogP contribution in [0, 0.1) is 0 Å². The Morgan fingerprint density at radius 1 is 1.25 bits per heavy atom. The van der Waals surface area contributed by atoms with Gasteiger partial charge in [-0.2, -0.15) is 0 Å². The zero-order valence-corrected chi connectivity index (χ0v) is 9.78. The molecule has 3 heteroatoms. The highest BCUT2D eigenvalue weighted by atomic mass is 35.5. The molecule has 0 radical (unpaired) electrons. The van der Waals surface area contributed by atoms with Gasteiger partial charge in [-0.25, -0.2) is 0 Å². The molecule has 0 fully saturated rings. The summed E-state index contributed by atoms with van der Waals surface area (Å²) in [5, 5.41) is 4.13. The molecule has 82 valence electrons. The lowest BCUT2D eigenvalue weighted by molar-refractivity contribution is 0.883. The lowest BCUT2D eigenvalue weighted by Crippen LogP contribution is -2.06. The summed E-state index contributed by atoms with van der Waals surface area (Å²) in [5.41, 5.74) is 2.17. The van der Waals surface area contributed by atoms with Crippen LogP contribution in [0.15, 0.2) is 48.8 Å². The predicted octanol–water partition coefficient (Wildman–Crippen LogP) is 3.91. The van der Waals surface area contributed by atoms with Crippen molar-refractivity contribution in [1.29, 1.82) is 0 Å². The predicted molar refractivity (Wildman–Crippen MR) is 67.7 cm³/mol. The van der Waals surface area contributed by atoms with E-state index < -0.39 is 0 Å². The van der Waals surface area contributed by atoms with Gasteiger partial charge in [0.15, 0.2) is 0 Å². The first-order chi connectivity index (χ1) is 7.75. The van der Waals surface area contributed by atoms with E-state index in [4.69, 9.17) is 11.6 Å². The Hall–Kier alpha value is -1.54. The maximum Gasteiger partial charge on any atom is 0.0531 e. The van der Waals surface area contributed by atoms with Crippen LogP contribution in [0.4, 0.5) is 5.69 Å². The summed E-state index contributed by atoms with van der Waals surface area (Å²) in [6.45, 7) is 2.10. The Kier molecular flexibility index (Phi) is 3.42. The first-order valence-electron chi connectivity index (χ1n) is 5.18. The Morgan fingerprint density at radius 2 is 2.12 bits per heavy atom. The number of benzene rings is 1. The first kappa shape index (κ1) is 11.0. The van der Waals surface area contributed by atoms with Gasteiger partial charge in [-0.05, 0) is 36.8 Å². The second-order valence-electron chi connectivity index (χ2n) is 3.66. The maximum absolute atomic E-state index is 5.95. The maximum atomic E-state index is 5.95. The first-order valence-corrected chi connectivity index (χ1v) is 5.55. The van der Waals surface area contributed by atoms with Crippen LogP contribution in [0.25, 0.3) is 0 Å². The fraction of sp³-hybridized carbons (Fsp3) is 0.154. The van der Waals surface area contributed by atoms with Crippen molar-refractivity contribution in [2.75, 3.05) is 5.32 Å². The van der Waals surface area contributed by atoms with Crippen LogP contribution in [-0.4, -0.2) is 4.98 Å². The fourth-order valence-corrected chi connectivity index (χ4v) is 1.76. The van der Waals surface area contributed by atoms with Crippen LogP contribution < -0.4 is 5.32 Å². The molecule has 2 rings (SSSR count). The molecule has 0 amide bonds.